The van der Waals surface area contributed by atoms with Gasteiger partial charge in [-0.3, -0.25) is 0 Å². The van der Waals surface area contributed by atoms with E-state index >= 15 is 0 Å². The Hall–Kier alpha value is -12.6. The van der Waals surface area contributed by atoms with Gasteiger partial charge < -0.3 is 38.6 Å². The van der Waals surface area contributed by atoms with Crippen LogP contribution in [-0.2, 0) is 51.3 Å². The highest BCUT2D eigenvalue weighted by Gasteiger charge is 2.07. The minimum atomic E-state index is -0.380. The van der Waals surface area contributed by atoms with Gasteiger partial charge in [0, 0.05) is 18.2 Å². The van der Waals surface area contributed by atoms with Crippen LogP contribution in [0.3, 0.4) is 0 Å². The summed E-state index contributed by atoms with van der Waals surface area (Å²) in [5.74, 6) is -0.982. The Morgan fingerprint density at radius 3 is 1.01 bits per heavy atom. The van der Waals surface area contributed by atoms with E-state index in [0.29, 0.717) is 30.1 Å². The van der Waals surface area contributed by atoms with Crippen molar-refractivity contribution in [2.24, 2.45) is 0 Å². The summed E-state index contributed by atoms with van der Waals surface area (Å²) >= 11 is 0. The van der Waals surface area contributed by atoms with Crippen LogP contribution < -0.4 is 4.74 Å². The maximum absolute atomic E-state index is 11.7. The Morgan fingerprint density at radius 2 is 0.615 bits per heavy atom. The number of rotatable bonds is 22. The fourth-order valence-electron chi connectivity index (χ4n) is 7.98. The quantitative estimate of drug-likeness (QED) is 0.0372. The number of carbonyl (C=O) groups is 5. The topological polar surface area (TPSA) is 181 Å². The van der Waals surface area contributed by atoms with E-state index < -0.39 is 0 Å². The summed E-state index contributed by atoms with van der Waals surface area (Å²) in [6.45, 7) is 1.27. The lowest BCUT2D eigenvalue weighted by Crippen LogP contribution is -2.04. The van der Waals surface area contributed by atoms with Gasteiger partial charge in [-0.25, -0.2) is 24.0 Å². The van der Waals surface area contributed by atoms with Crippen molar-refractivity contribution < 1.29 is 62.6 Å². The zero-order chi connectivity index (χ0) is 67.9. The molecule has 0 saturated heterocycles. The van der Waals surface area contributed by atoms with Crippen molar-refractivity contribution in [1.82, 2.24) is 0 Å². The van der Waals surface area contributed by atoms with Crippen molar-refractivity contribution >= 4 is 66.3 Å². The summed E-state index contributed by atoms with van der Waals surface area (Å²) in [4.78, 5) is 57.7. The highest BCUT2D eigenvalue weighted by Crippen LogP contribution is 2.27. The van der Waals surface area contributed by atoms with Gasteiger partial charge in [-0.05, 0) is 129 Å². The standard InChI is InChI=1S/C18H16O3.C18H16O2.C17H16O4.C16H14O2.C14H12O2/c19-17-11-8-16(9-12-17)7-4-14-21-18(20)13-10-15-5-2-1-3-6-15;19-18(14-13-17-10-5-2-6-11-17)20-15-7-12-16-8-3-1-4-9-16;1-20-16-12-13(9-10-15(16)18)6-5-11-21-17(19)14-7-3-2-4-8-14;17-16(12-11-14-7-3-1-4-8-14)18-13-15-9-5-2-6-10-15;15-14(13-9-5-2-6-10-13)16-11-12-7-3-1-4-8-12/h1-13,19H,14H2;1-14H,15H2;2-10,12,18H,11H2,1H3;1-12H,13H2;1-10H,11H2/b7-4+,13-10+;12-7+,14-13+;6-5+;12-11+;. The molecule has 0 aliphatic carbocycles. The smallest absolute Gasteiger partial charge is 0.338 e. The molecule has 0 amide bonds. The lowest BCUT2D eigenvalue weighted by atomic mass is 10.2. The summed E-state index contributed by atoms with van der Waals surface area (Å²) in [5, 5.41) is 18.6. The maximum atomic E-state index is 11.7. The van der Waals surface area contributed by atoms with Gasteiger partial charge >= 0.3 is 29.8 Å². The Morgan fingerprint density at radius 1 is 0.312 bits per heavy atom. The van der Waals surface area contributed by atoms with Crippen molar-refractivity contribution in [2.75, 3.05) is 26.9 Å². The largest absolute Gasteiger partial charge is 0.508 e. The third kappa shape index (κ3) is 30.9. The highest BCUT2D eigenvalue weighted by molar-refractivity contribution is 5.90. The molecule has 0 heterocycles. The molecule has 0 radical (unpaired) electrons. The van der Waals surface area contributed by atoms with Crippen LogP contribution in [0.15, 0.2) is 322 Å². The van der Waals surface area contributed by atoms with Crippen LogP contribution in [0, 0.1) is 0 Å². The van der Waals surface area contributed by atoms with Crippen molar-refractivity contribution in [2.45, 2.75) is 13.2 Å². The maximum Gasteiger partial charge on any atom is 0.338 e. The molecule has 0 aliphatic rings. The third-order valence-corrected chi connectivity index (χ3v) is 12.9. The number of benzene rings is 10. The normalized spacial score (nSPS) is 10.6. The fraction of sp³-hybridized carbons (Fsp3) is 0.0723. The van der Waals surface area contributed by atoms with E-state index in [2.05, 4.69) is 0 Å². The first-order chi connectivity index (χ1) is 47.0. The summed E-state index contributed by atoms with van der Waals surface area (Å²) in [7, 11) is 1.49. The molecule has 2 N–H and O–H groups in total. The number of methoxy groups -OCH3 is 1. The van der Waals surface area contributed by atoms with Crippen molar-refractivity contribution in [3.63, 3.8) is 0 Å². The number of phenols is 2. The zero-order valence-electron chi connectivity index (χ0n) is 53.0. The first-order valence-electron chi connectivity index (χ1n) is 30.4. The second-order valence-electron chi connectivity index (χ2n) is 20.1. The zero-order valence-corrected chi connectivity index (χ0v) is 53.0. The van der Waals surface area contributed by atoms with E-state index in [4.69, 9.17) is 33.5 Å². The average Bonchev–Trinajstić information content (AvgIpc) is 1.92. The minimum absolute atomic E-state index is 0.0881. The molecule has 0 aromatic heterocycles. The first-order valence-corrected chi connectivity index (χ1v) is 30.4. The summed E-state index contributed by atoms with van der Waals surface area (Å²) in [5.41, 5.74) is 8.86. The van der Waals surface area contributed by atoms with Crippen molar-refractivity contribution in [1.29, 1.82) is 0 Å². The van der Waals surface area contributed by atoms with Crippen LogP contribution in [0.5, 0.6) is 17.2 Å². The Kier molecular flexibility index (Phi) is 33.2. The van der Waals surface area contributed by atoms with E-state index in [-0.39, 0.29) is 61.2 Å². The minimum Gasteiger partial charge on any atom is -0.508 e. The molecule has 0 saturated carbocycles. The predicted molar refractivity (Wildman–Crippen MR) is 380 cm³/mol. The molecule has 0 unspecified atom stereocenters. The highest BCUT2D eigenvalue weighted by atomic mass is 16.5. The van der Waals surface area contributed by atoms with Gasteiger partial charge in [0.05, 0.1) is 18.2 Å². The van der Waals surface area contributed by atoms with E-state index in [1.165, 1.54) is 25.3 Å². The van der Waals surface area contributed by atoms with Crippen molar-refractivity contribution in [3.8, 4) is 17.2 Å². The predicted octanol–water partition coefficient (Wildman–Crippen LogP) is 17.4. The van der Waals surface area contributed by atoms with E-state index in [9.17, 15) is 29.1 Å². The van der Waals surface area contributed by atoms with Gasteiger partial charge in [-0.1, -0.05) is 255 Å². The Balaban J connectivity index is 0.000000190. The number of hydrogen-bond acceptors (Lipinski definition) is 13. The van der Waals surface area contributed by atoms with E-state index in [1.807, 2.05) is 224 Å². The first kappa shape index (κ1) is 72.5. The second kappa shape index (κ2) is 44.0. The van der Waals surface area contributed by atoms with Crippen LogP contribution in [0.1, 0.15) is 65.2 Å². The lowest BCUT2D eigenvalue weighted by Gasteiger charge is -2.04. The van der Waals surface area contributed by atoms with Gasteiger partial charge in [-0.2, -0.15) is 0 Å². The number of hydrogen-bond donors (Lipinski definition) is 2. The molecular formula is C83H74O13. The molecule has 13 heteroatoms. The van der Waals surface area contributed by atoms with Crippen LogP contribution in [0.25, 0.3) is 36.5 Å². The number of phenolic OH excluding ortho intramolecular Hbond substituents is 2. The molecule has 0 fully saturated rings. The molecule has 0 spiro atoms. The molecule has 10 aromatic carbocycles. The van der Waals surface area contributed by atoms with E-state index in [1.54, 1.807) is 115 Å². The molecule has 484 valence electrons. The van der Waals surface area contributed by atoms with Gasteiger partial charge in [0.15, 0.2) is 11.5 Å². The van der Waals surface area contributed by atoms with Crippen LogP contribution in [-0.4, -0.2) is 67.0 Å². The lowest BCUT2D eigenvalue weighted by molar-refractivity contribution is -0.139. The second-order valence-corrected chi connectivity index (χ2v) is 20.1. The molecular weight excluding hydrogens is 1200 g/mol. The van der Waals surface area contributed by atoms with Gasteiger partial charge in [0.1, 0.15) is 38.8 Å². The van der Waals surface area contributed by atoms with Gasteiger partial charge in [0.25, 0.3) is 0 Å². The molecule has 0 atom stereocenters. The van der Waals surface area contributed by atoms with Crippen LogP contribution in [0.2, 0.25) is 0 Å². The molecule has 10 aromatic rings. The van der Waals surface area contributed by atoms with Crippen LogP contribution in [0.4, 0.5) is 0 Å². The number of carbonyl (C=O) groups excluding carboxylic acids is 5. The van der Waals surface area contributed by atoms with Gasteiger partial charge in [0.2, 0.25) is 0 Å². The molecule has 13 nitrogen and oxygen atoms in total. The molecule has 0 aliphatic heterocycles. The monoisotopic (exact) mass is 1280 g/mol. The number of ether oxygens (including phenoxy) is 6. The SMILES string of the molecule is COc1cc(/C=C/COC(=O)c2ccccc2)ccc1O.O=C(/C=C/c1ccccc1)OC/C=C/c1ccc(O)cc1.O=C(/C=C/c1ccccc1)OC/C=C/c1ccccc1.O=C(/C=C/c1ccccc1)OCc1ccccc1.O=C(OCc1ccccc1)c1ccccc1. The van der Waals surface area contributed by atoms with E-state index in [0.717, 1.165) is 44.5 Å². The fourth-order valence-corrected chi connectivity index (χ4v) is 7.98. The average molecular weight is 1280 g/mol. The molecule has 10 rings (SSSR count). The number of esters is 5. The summed E-state index contributed by atoms with van der Waals surface area (Å²) in [6, 6.07) is 87.6. The summed E-state index contributed by atoms with van der Waals surface area (Å²) in [6.07, 6.45) is 20.3. The van der Waals surface area contributed by atoms with Crippen molar-refractivity contribution in [3.05, 3.63) is 377 Å². The Bertz CT molecular complexity index is 4040. The van der Waals surface area contributed by atoms with Crippen LogP contribution >= 0.6 is 0 Å². The van der Waals surface area contributed by atoms with Gasteiger partial charge in [-0.15, -0.1) is 0 Å². The summed E-state index contributed by atoms with van der Waals surface area (Å²) < 4.78 is 30.6. The molecule has 0 bridgehead atoms. The Labute approximate surface area is 560 Å². The molecule has 96 heavy (non-hydrogen) atoms. The number of aromatic hydroxyl groups is 2. The third-order valence-electron chi connectivity index (χ3n) is 12.9.